The second-order valence-electron chi connectivity index (χ2n) is 8.58. The van der Waals surface area contributed by atoms with Crippen molar-refractivity contribution in [2.24, 2.45) is 0 Å². The smallest absolute Gasteiger partial charge is 0.261 e. The van der Waals surface area contributed by atoms with E-state index in [1.807, 2.05) is 19.1 Å². The molecule has 0 radical (unpaired) electrons. The van der Waals surface area contributed by atoms with Gasteiger partial charge in [-0.25, -0.2) is 12.8 Å². The highest BCUT2D eigenvalue weighted by Crippen LogP contribution is 2.34. The van der Waals surface area contributed by atoms with Gasteiger partial charge in [-0.2, -0.15) is 0 Å². The Morgan fingerprint density at radius 3 is 2.18 bits per heavy atom. The van der Waals surface area contributed by atoms with E-state index in [2.05, 4.69) is 10.0 Å². The normalized spacial score (nSPS) is 15.5. The molecule has 0 bridgehead atoms. The Hall–Kier alpha value is -3.23. The first-order valence-electron chi connectivity index (χ1n) is 11.1. The summed E-state index contributed by atoms with van der Waals surface area (Å²) in [6.07, 6.45) is 1.42. The Labute approximate surface area is 199 Å². The fourth-order valence-corrected chi connectivity index (χ4v) is 5.16. The zero-order chi connectivity index (χ0) is 24.2. The van der Waals surface area contributed by atoms with Crippen molar-refractivity contribution in [1.29, 1.82) is 0 Å². The molecule has 1 heterocycles. The van der Waals surface area contributed by atoms with E-state index >= 15 is 0 Å². The topological polar surface area (TPSA) is 84.5 Å². The number of nitrogens with one attached hydrogen (secondary N) is 2. The standard InChI is InChI=1S/C26H27FN2O4S/c1-19-2-10-23(11-3-19)29-34(31,32)24-12-4-20(5-13-24)25(30)28-18-26(14-16-33-17-15-26)21-6-8-22(27)9-7-21/h2-13,29H,14-18H2,1H3,(H,28,30). The highest BCUT2D eigenvalue weighted by atomic mass is 32.2. The van der Waals surface area contributed by atoms with E-state index in [1.165, 1.54) is 36.4 Å². The Kier molecular flexibility index (Phi) is 7.00. The maximum Gasteiger partial charge on any atom is 0.261 e. The Morgan fingerprint density at radius 1 is 0.941 bits per heavy atom. The Bertz CT molecular complexity index is 1240. The molecule has 1 amide bonds. The third kappa shape index (κ3) is 5.46. The van der Waals surface area contributed by atoms with Gasteiger partial charge in [0, 0.05) is 36.4 Å². The number of amides is 1. The number of ether oxygens (including phenoxy) is 1. The van der Waals surface area contributed by atoms with Crippen molar-refractivity contribution >= 4 is 21.6 Å². The number of halogens is 1. The first-order chi connectivity index (χ1) is 16.3. The minimum atomic E-state index is -3.77. The molecule has 0 saturated carbocycles. The fraction of sp³-hybridized carbons (Fsp3) is 0.269. The molecule has 1 aliphatic heterocycles. The summed E-state index contributed by atoms with van der Waals surface area (Å²) in [5, 5.41) is 2.97. The van der Waals surface area contributed by atoms with Crippen molar-refractivity contribution in [3.8, 4) is 0 Å². The maximum absolute atomic E-state index is 13.4. The van der Waals surface area contributed by atoms with Crippen LogP contribution in [-0.2, 0) is 20.2 Å². The lowest BCUT2D eigenvalue weighted by atomic mass is 9.74. The van der Waals surface area contributed by atoms with Crippen molar-refractivity contribution in [2.45, 2.75) is 30.1 Å². The molecule has 0 atom stereocenters. The lowest BCUT2D eigenvalue weighted by Crippen LogP contribution is -2.44. The molecule has 0 unspecified atom stereocenters. The minimum absolute atomic E-state index is 0.0665. The van der Waals surface area contributed by atoms with Crippen LogP contribution in [-0.4, -0.2) is 34.1 Å². The zero-order valence-corrected chi connectivity index (χ0v) is 19.7. The van der Waals surface area contributed by atoms with E-state index in [-0.39, 0.29) is 22.0 Å². The second-order valence-corrected chi connectivity index (χ2v) is 10.3. The van der Waals surface area contributed by atoms with E-state index in [1.54, 1.807) is 24.3 Å². The van der Waals surface area contributed by atoms with Gasteiger partial charge in [-0.15, -0.1) is 0 Å². The molecule has 8 heteroatoms. The minimum Gasteiger partial charge on any atom is -0.381 e. The van der Waals surface area contributed by atoms with Gasteiger partial charge in [0.05, 0.1) is 4.90 Å². The molecule has 34 heavy (non-hydrogen) atoms. The van der Waals surface area contributed by atoms with Crippen LogP contribution in [0.25, 0.3) is 0 Å². The number of anilines is 1. The molecule has 1 fully saturated rings. The Morgan fingerprint density at radius 2 is 1.56 bits per heavy atom. The maximum atomic E-state index is 13.4. The van der Waals surface area contributed by atoms with Gasteiger partial charge in [0.25, 0.3) is 15.9 Å². The fourth-order valence-electron chi connectivity index (χ4n) is 4.11. The molecule has 178 valence electrons. The number of sulfonamides is 1. The molecule has 3 aromatic rings. The van der Waals surface area contributed by atoms with Crippen LogP contribution in [0.5, 0.6) is 0 Å². The molecule has 1 aliphatic rings. The molecule has 2 N–H and O–H groups in total. The third-order valence-electron chi connectivity index (χ3n) is 6.22. The number of aryl methyl sites for hydroxylation is 1. The molecule has 0 aromatic heterocycles. The predicted molar refractivity (Wildman–Crippen MR) is 129 cm³/mol. The van der Waals surface area contributed by atoms with Gasteiger partial charge in [-0.05, 0) is 73.9 Å². The van der Waals surface area contributed by atoms with Gasteiger partial charge in [0.1, 0.15) is 5.82 Å². The van der Waals surface area contributed by atoms with Crippen molar-refractivity contribution < 1.29 is 22.3 Å². The van der Waals surface area contributed by atoms with Crippen LogP contribution in [0, 0.1) is 12.7 Å². The lowest BCUT2D eigenvalue weighted by Gasteiger charge is -2.38. The first-order valence-corrected chi connectivity index (χ1v) is 12.6. The second kappa shape index (κ2) is 9.95. The van der Waals surface area contributed by atoms with E-state index in [0.29, 0.717) is 43.9 Å². The highest BCUT2D eigenvalue weighted by Gasteiger charge is 2.35. The summed E-state index contributed by atoms with van der Waals surface area (Å²) in [5.74, 6) is -0.606. The summed E-state index contributed by atoms with van der Waals surface area (Å²) in [5.41, 5.74) is 2.47. The van der Waals surface area contributed by atoms with Crippen molar-refractivity contribution in [2.75, 3.05) is 24.5 Å². The van der Waals surface area contributed by atoms with Crippen LogP contribution in [0.4, 0.5) is 10.1 Å². The van der Waals surface area contributed by atoms with Crippen molar-refractivity contribution in [3.63, 3.8) is 0 Å². The van der Waals surface area contributed by atoms with Crippen LogP contribution < -0.4 is 10.0 Å². The van der Waals surface area contributed by atoms with E-state index in [0.717, 1.165) is 11.1 Å². The van der Waals surface area contributed by atoms with Crippen LogP contribution >= 0.6 is 0 Å². The molecule has 3 aromatic carbocycles. The van der Waals surface area contributed by atoms with E-state index in [4.69, 9.17) is 4.74 Å². The quantitative estimate of drug-likeness (QED) is 0.522. The van der Waals surface area contributed by atoms with Crippen molar-refractivity contribution in [3.05, 3.63) is 95.3 Å². The molecular formula is C26H27FN2O4S. The monoisotopic (exact) mass is 482 g/mol. The van der Waals surface area contributed by atoms with Crippen LogP contribution in [0.3, 0.4) is 0 Å². The molecule has 4 rings (SSSR count). The predicted octanol–water partition coefficient (Wildman–Crippen LogP) is 4.41. The van der Waals surface area contributed by atoms with E-state index in [9.17, 15) is 17.6 Å². The molecule has 0 aliphatic carbocycles. The number of hydrogen-bond acceptors (Lipinski definition) is 4. The summed E-state index contributed by atoms with van der Waals surface area (Å²) in [7, 11) is -3.77. The van der Waals surface area contributed by atoms with Gasteiger partial charge in [0.15, 0.2) is 0 Å². The molecule has 6 nitrogen and oxygen atoms in total. The first kappa shape index (κ1) is 23.9. The number of benzene rings is 3. The average molecular weight is 483 g/mol. The summed E-state index contributed by atoms with van der Waals surface area (Å²) in [6, 6.07) is 19.2. The average Bonchev–Trinajstić information content (AvgIpc) is 2.85. The van der Waals surface area contributed by atoms with Gasteiger partial charge in [-0.1, -0.05) is 29.8 Å². The van der Waals surface area contributed by atoms with Gasteiger partial charge < -0.3 is 10.1 Å². The Balaban J connectivity index is 1.44. The molecular weight excluding hydrogens is 455 g/mol. The number of carbonyl (C=O) groups excluding carboxylic acids is 1. The molecule has 0 spiro atoms. The van der Waals surface area contributed by atoms with Gasteiger partial charge >= 0.3 is 0 Å². The number of rotatable bonds is 7. The van der Waals surface area contributed by atoms with Crippen LogP contribution in [0.1, 0.15) is 34.3 Å². The SMILES string of the molecule is Cc1ccc(NS(=O)(=O)c2ccc(C(=O)NCC3(c4ccc(F)cc4)CCOCC3)cc2)cc1. The summed E-state index contributed by atoms with van der Waals surface area (Å²) < 4.78 is 46.8. The summed E-state index contributed by atoms with van der Waals surface area (Å²) in [4.78, 5) is 12.9. The highest BCUT2D eigenvalue weighted by molar-refractivity contribution is 7.92. The van der Waals surface area contributed by atoms with Crippen molar-refractivity contribution in [1.82, 2.24) is 5.32 Å². The number of carbonyl (C=O) groups is 1. The zero-order valence-electron chi connectivity index (χ0n) is 18.9. The summed E-state index contributed by atoms with van der Waals surface area (Å²) >= 11 is 0. The summed E-state index contributed by atoms with van der Waals surface area (Å²) in [6.45, 7) is 3.42. The third-order valence-corrected chi connectivity index (χ3v) is 7.62. The van der Waals surface area contributed by atoms with E-state index < -0.39 is 10.0 Å². The molecule has 1 saturated heterocycles. The van der Waals surface area contributed by atoms with Crippen LogP contribution in [0.15, 0.2) is 77.7 Å². The van der Waals surface area contributed by atoms with Gasteiger partial charge in [0.2, 0.25) is 0 Å². The largest absolute Gasteiger partial charge is 0.381 e. The van der Waals surface area contributed by atoms with Crippen LogP contribution in [0.2, 0.25) is 0 Å². The van der Waals surface area contributed by atoms with Gasteiger partial charge in [-0.3, -0.25) is 9.52 Å². The lowest BCUT2D eigenvalue weighted by molar-refractivity contribution is 0.0487. The number of hydrogen-bond donors (Lipinski definition) is 2.